The summed E-state index contributed by atoms with van der Waals surface area (Å²) in [5.74, 6) is 2.41. The Labute approximate surface area is 116 Å². The van der Waals surface area contributed by atoms with Crippen LogP contribution in [0.5, 0.6) is 0 Å². The third kappa shape index (κ3) is 5.86. The average molecular weight is 268 g/mol. The molecule has 5 nitrogen and oxygen atoms in total. The molecule has 0 rings (SSSR count). The predicted octanol–water partition coefficient (Wildman–Crippen LogP) is 0.0691. The number of hydrogen-bond donors (Lipinski definition) is 1. The van der Waals surface area contributed by atoms with Crippen LogP contribution in [0.15, 0.2) is 0 Å². The maximum Gasteiger partial charge on any atom is 0.248 e. The Morgan fingerprint density at radius 2 is 2.05 bits per heavy atom. The fourth-order valence-corrected chi connectivity index (χ4v) is 1.66. The fraction of sp³-hybridized carbons (Fsp3) is 0.714. The summed E-state index contributed by atoms with van der Waals surface area (Å²) >= 11 is 0. The number of hydrogen-bond acceptors (Lipinski definition) is 3. The molecular formula is C14H26N3O2+. The molecule has 0 aromatic heterocycles. The first-order valence-corrected chi connectivity index (χ1v) is 6.41. The van der Waals surface area contributed by atoms with Crippen LogP contribution in [0.25, 0.3) is 0 Å². The summed E-state index contributed by atoms with van der Waals surface area (Å²) in [6.45, 7) is 5.38. The standard InChI is InChI=1S/C14H26N3O2/c1-7-10-17(5,6)11-8-9-16(12-18)13(19)14(2,3)15-4/h1,12,15H,8-11H2,2-6H3/q+1. The second-order valence-corrected chi connectivity index (χ2v) is 5.85. The monoisotopic (exact) mass is 268 g/mol. The van der Waals surface area contributed by atoms with Gasteiger partial charge in [-0.15, -0.1) is 6.42 Å². The van der Waals surface area contributed by atoms with E-state index < -0.39 is 5.54 Å². The van der Waals surface area contributed by atoms with Crippen molar-refractivity contribution in [1.82, 2.24) is 10.2 Å². The van der Waals surface area contributed by atoms with Crippen molar-refractivity contribution in [3.8, 4) is 12.3 Å². The normalized spacial score (nSPS) is 11.8. The van der Waals surface area contributed by atoms with Gasteiger partial charge in [-0.25, -0.2) is 0 Å². The van der Waals surface area contributed by atoms with Crippen LogP contribution in [0.1, 0.15) is 20.3 Å². The number of quaternary nitrogens is 1. The lowest BCUT2D eigenvalue weighted by Crippen LogP contribution is -2.53. The summed E-state index contributed by atoms with van der Waals surface area (Å²) in [7, 11) is 5.77. The number of amides is 2. The van der Waals surface area contributed by atoms with E-state index in [-0.39, 0.29) is 5.91 Å². The minimum absolute atomic E-state index is 0.216. The molecule has 0 aromatic rings. The number of carbonyl (C=O) groups excluding carboxylic acids is 2. The third-order valence-electron chi connectivity index (χ3n) is 3.23. The van der Waals surface area contributed by atoms with Gasteiger partial charge in [-0.1, -0.05) is 0 Å². The molecule has 0 bridgehead atoms. The SMILES string of the molecule is C#CC[N+](C)(C)CCCN(C=O)C(=O)C(C)(C)NC. The van der Waals surface area contributed by atoms with Crippen molar-refractivity contribution < 1.29 is 14.1 Å². The second kappa shape index (κ2) is 7.27. The minimum Gasteiger partial charge on any atom is -0.318 e. The molecule has 0 fully saturated rings. The van der Waals surface area contributed by atoms with E-state index in [1.807, 2.05) is 14.1 Å². The molecule has 0 radical (unpaired) electrons. The summed E-state index contributed by atoms with van der Waals surface area (Å²) in [5, 5.41) is 2.90. The van der Waals surface area contributed by atoms with E-state index in [0.717, 1.165) is 13.0 Å². The molecule has 0 aliphatic carbocycles. The number of rotatable bonds is 8. The summed E-state index contributed by atoms with van der Waals surface area (Å²) < 4.78 is 0.687. The summed E-state index contributed by atoms with van der Waals surface area (Å²) in [5.41, 5.74) is -0.732. The Balaban J connectivity index is 4.42. The molecule has 0 atom stereocenters. The first-order chi connectivity index (χ1) is 8.70. The van der Waals surface area contributed by atoms with Crippen molar-refractivity contribution in [3.05, 3.63) is 0 Å². The number of imide groups is 1. The maximum absolute atomic E-state index is 12.1. The van der Waals surface area contributed by atoms with Gasteiger partial charge in [-0.05, 0) is 26.8 Å². The molecule has 0 saturated heterocycles. The highest BCUT2D eigenvalue weighted by Gasteiger charge is 2.30. The lowest BCUT2D eigenvalue weighted by Gasteiger charge is -2.30. The second-order valence-electron chi connectivity index (χ2n) is 5.85. The number of likely N-dealkylation sites (N-methyl/N-ethyl adjacent to an activating group) is 1. The highest BCUT2D eigenvalue weighted by atomic mass is 16.2. The maximum atomic E-state index is 12.1. The molecule has 0 aliphatic heterocycles. The van der Waals surface area contributed by atoms with Gasteiger partial charge in [0.2, 0.25) is 12.3 Å². The largest absolute Gasteiger partial charge is 0.318 e. The molecule has 19 heavy (non-hydrogen) atoms. The molecule has 1 N–H and O–H groups in total. The van der Waals surface area contributed by atoms with Gasteiger partial charge >= 0.3 is 0 Å². The van der Waals surface area contributed by atoms with Gasteiger partial charge < -0.3 is 9.80 Å². The fourth-order valence-electron chi connectivity index (χ4n) is 1.66. The van der Waals surface area contributed by atoms with Gasteiger partial charge in [0.15, 0.2) is 0 Å². The van der Waals surface area contributed by atoms with Crippen LogP contribution in [-0.2, 0) is 9.59 Å². The molecule has 0 aromatic carbocycles. The first-order valence-electron chi connectivity index (χ1n) is 6.41. The van der Waals surface area contributed by atoms with Gasteiger partial charge in [0.05, 0.1) is 26.2 Å². The number of terminal acetylenes is 1. The van der Waals surface area contributed by atoms with E-state index in [1.165, 1.54) is 4.90 Å². The van der Waals surface area contributed by atoms with Gasteiger partial charge in [-0.3, -0.25) is 14.5 Å². The smallest absolute Gasteiger partial charge is 0.248 e. The minimum atomic E-state index is -0.732. The summed E-state index contributed by atoms with van der Waals surface area (Å²) in [4.78, 5) is 24.4. The van der Waals surface area contributed by atoms with E-state index in [2.05, 4.69) is 11.2 Å². The van der Waals surface area contributed by atoms with Crippen LogP contribution in [0.2, 0.25) is 0 Å². The average Bonchev–Trinajstić information content (AvgIpc) is 2.33. The zero-order valence-electron chi connectivity index (χ0n) is 12.7. The van der Waals surface area contributed by atoms with E-state index >= 15 is 0 Å². The van der Waals surface area contributed by atoms with Crippen LogP contribution < -0.4 is 5.32 Å². The van der Waals surface area contributed by atoms with Gasteiger partial charge in [-0.2, -0.15) is 0 Å². The predicted molar refractivity (Wildman–Crippen MR) is 76.2 cm³/mol. The van der Waals surface area contributed by atoms with Crippen molar-refractivity contribution in [3.63, 3.8) is 0 Å². The molecule has 0 aliphatic rings. The number of nitrogens with one attached hydrogen (secondary N) is 1. The summed E-state index contributed by atoms with van der Waals surface area (Å²) in [6, 6.07) is 0. The quantitative estimate of drug-likeness (QED) is 0.385. The van der Waals surface area contributed by atoms with Crippen LogP contribution in [-0.4, -0.2) is 68.0 Å². The van der Waals surface area contributed by atoms with Crippen molar-refractivity contribution in [1.29, 1.82) is 0 Å². The van der Waals surface area contributed by atoms with Crippen molar-refractivity contribution in [2.45, 2.75) is 25.8 Å². The lowest BCUT2D eigenvalue weighted by molar-refractivity contribution is -0.883. The topological polar surface area (TPSA) is 49.4 Å². The number of nitrogens with zero attached hydrogens (tertiary/aromatic N) is 2. The molecule has 0 spiro atoms. The lowest BCUT2D eigenvalue weighted by atomic mass is 10.0. The summed E-state index contributed by atoms with van der Waals surface area (Å²) in [6.07, 6.45) is 6.64. The van der Waals surface area contributed by atoms with E-state index in [4.69, 9.17) is 6.42 Å². The van der Waals surface area contributed by atoms with Gasteiger partial charge in [0, 0.05) is 13.0 Å². The molecule has 108 valence electrons. The Morgan fingerprint density at radius 1 is 1.47 bits per heavy atom. The zero-order valence-corrected chi connectivity index (χ0v) is 12.7. The van der Waals surface area contributed by atoms with Crippen molar-refractivity contribution in [2.24, 2.45) is 0 Å². The van der Waals surface area contributed by atoms with Crippen LogP contribution in [0.4, 0.5) is 0 Å². The van der Waals surface area contributed by atoms with Gasteiger partial charge in [0.1, 0.15) is 6.54 Å². The van der Waals surface area contributed by atoms with Gasteiger partial charge in [0.25, 0.3) is 0 Å². The van der Waals surface area contributed by atoms with Crippen LogP contribution >= 0.6 is 0 Å². The Bertz CT molecular complexity index is 356. The van der Waals surface area contributed by atoms with Crippen molar-refractivity contribution in [2.75, 3.05) is 40.8 Å². The molecule has 2 amide bonds. The zero-order chi connectivity index (χ0) is 15.1. The Kier molecular flexibility index (Phi) is 6.74. The Hall–Kier alpha value is -1.38. The third-order valence-corrected chi connectivity index (χ3v) is 3.23. The van der Waals surface area contributed by atoms with E-state index in [0.29, 0.717) is 24.0 Å². The molecular weight excluding hydrogens is 242 g/mol. The molecule has 0 saturated carbocycles. The molecule has 0 unspecified atom stereocenters. The van der Waals surface area contributed by atoms with Crippen LogP contribution in [0.3, 0.4) is 0 Å². The van der Waals surface area contributed by atoms with Crippen LogP contribution in [0, 0.1) is 12.3 Å². The Morgan fingerprint density at radius 3 is 2.47 bits per heavy atom. The van der Waals surface area contributed by atoms with Crippen molar-refractivity contribution >= 4 is 12.3 Å². The molecule has 5 heteroatoms. The highest BCUT2D eigenvalue weighted by Crippen LogP contribution is 2.07. The van der Waals surface area contributed by atoms with E-state index in [1.54, 1.807) is 20.9 Å². The number of carbonyl (C=O) groups is 2. The highest BCUT2D eigenvalue weighted by molar-refractivity contribution is 5.92. The first kappa shape index (κ1) is 17.6. The van der Waals surface area contributed by atoms with E-state index in [9.17, 15) is 9.59 Å². The molecule has 0 heterocycles.